The van der Waals surface area contributed by atoms with Gasteiger partial charge in [-0.2, -0.15) is 0 Å². The fourth-order valence-corrected chi connectivity index (χ4v) is 3.22. The summed E-state index contributed by atoms with van der Waals surface area (Å²) in [5.74, 6) is 0.454. The van der Waals surface area contributed by atoms with Crippen molar-refractivity contribution in [3.8, 4) is 0 Å². The van der Waals surface area contributed by atoms with Crippen LogP contribution in [0.2, 0.25) is 0 Å². The van der Waals surface area contributed by atoms with E-state index in [4.69, 9.17) is 5.73 Å². The van der Waals surface area contributed by atoms with Crippen LogP contribution in [0.1, 0.15) is 42.0 Å². The molecular weight excluding hydrogens is 256 g/mol. The van der Waals surface area contributed by atoms with Crippen molar-refractivity contribution in [2.24, 2.45) is 5.73 Å². The van der Waals surface area contributed by atoms with Gasteiger partial charge in [0.05, 0.1) is 0 Å². The first kappa shape index (κ1) is 14.3. The Kier molecular flexibility index (Phi) is 3.60. The van der Waals surface area contributed by atoms with E-state index in [1.807, 2.05) is 0 Å². The van der Waals surface area contributed by atoms with Crippen molar-refractivity contribution < 1.29 is 0 Å². The van der Waals surface area contributed by atoms with Gasteiger partial charge in [-0.3, -0.25) is 0 Å². The highest BCUT2D eigenvalue weighted by atomic mass is 15.1. The first-order valence-electron chi connectivity index (χ1n) is 7.61. The van der Waals surface area contributed by atoms with Gasteiger partial charge in [-0.15, -0.1) is 0 Å². The highest BCUT2D eigenvalue weighted by Crippen LogP contribution is 2.34. The van der Waals surface area contributed by atoms with Gasteiger partial charge in [0.25, 0.3) is 0 Å². The molecular formula is C19H24N2. The Bertz CT molecular complexity index is 626. The second-order valence-corrected chi connectivity index (χ2v) is 6.80. The minimum atomic E-state index is -0.284. The van der Waals surface area contributed by atoms with Crippen molar-refractivity contribution in [3.63, 3.8) is 0 Å². The van der Waals surface area contributed by atoms with Crippen LogP contribution in [-0.2, 0) is 12.1 Å². The van der Waals surface area contributed by atoms with Crippen LogP contribution >= 0.6 is 0 Å². The SMILES string of the molecule is CN1Cc2cc(C(C)(C)N)ccc2C(c2ccccc2)C1. The van der Waals surface area contributed by atoms with Gasteiger partial charge < -0.3 is 10.6 Å². The van der Waals surface area contributed by atoms with Crippen LogP contribution in [0.25, 0.3) is 0 Å². The minimum absolute atomic E-state index is 0.284. The van der Waals surface area contributed by atoms with Crippen molar-refractivity contribution in [2.45, 2.75) is 31.8 Å². The Labute approximate surface area is 127 Å². The molecule has 0 spiro atoms. The third kappa shape index (κ3) is 2.87. The molecule has 2 nitrogen and oxygen atoms in total. The molecule has 2 aromatic rings. The molecule has 0 saturated heterocycles. The quantitative estimate of drug-likeness (QED) is 0.913. The van der Waals surface area contributed by atoms with Crippen molar-refractivity contribution in [1.29, 1.82) is 0 Å². The lowest BCUT2D eigenvalue weighted by atomic mass is 9.82. The van der Waals surface area contributed by atoms with Crippen LogP contribution < -0.4 is 5.73 Å². The van der Waals surface area contributed by atoms with Crippen molar-refractivity contribution in [3.05, 3.63) is 70.8 Å². The molecule has 3 rings (SSSR count). The third-order valence-corrected chi connectivity index (χ3v) is 4.40. The van der Waals surface area contributed by atoms with E-state index in [9.17, 15) is 0 Å². The average molecular weight is 280 g/mol. The summed E-state index contributed by atoms with van der Waals surface area (Å²) >= 11 is 0. The topological polar surface area (TPSA) is 29.3 Å². The molecule has 1 atom stereocenters. The molecule has 1 heterocycles. The summed E-state index contributed by atoms with van der Waals surface area (Å²) in [6, 6.07) is 17.6. The molecule has 1 unspecified atom stereocenters. The average Bonchev–Trinajstić information content (AvgIpc) is 2.45. The largest absolute Gasteiger partial charge is 0.322 e. The number of likely N-dealkylation sites (N-methyl/N-ethyl adjacent to an activating group) is 1. The van der Waals surface area contributed by atoms with E-state index in [1.54, 1.807) is 0 Å². The molecule has 0 aromatic heterocycles. The predicted octanol–water partition coefficient (Wildman–Crippen LogP) is 3.46. The first-order valence-corrected chi connectivity index (χ1v) is 7.61. The first-order chi connectivity index (χ1) is 9.95. The van der Waals surface area contributed by atoms with E-state index in [1.165, 1.54) is 22.3 Å². The lowest BCUT2D eigenvalue weighted by Gasteiger charge is -2.34. The van der Waals surface area contributed by atoms with Crippen molar-refractivity contribution in [1.82, 2.24) is 4.90 Å². The molecule has 1 aliphatic heterocycles. The maximum absolute atomic E-state index is 6.26. The summed E-state index contributed by atoms with van der Waals surface area (Å²) in [4.78, 5) is 2.40. The van der Waals surface area contributed by atoms with Gasteiger partial charge in [-0.05, 0) is 43.1 Å². The van der Waals surface area contributed by atoms with Gasteiger partial charge in [0.1, 0.15) is 0 Å². The van der Waals surface area contributed by atoms with E-state index in [-0.39, 0.29) is 5.54 Å². The maximum Gasteiger partial charge on any atom is 0.0352 e. The number of fused-ring (bicyclic) bond motifs is 1. The van der Waals surface area contributed by atoms with E-state index in [2.05, 4.69) is 74.3 Å². The van der Waals surface area contributed by atoms with E-state index in [0.717, 1.165) is 13.1 Å². The highest BCUT2D eigenvalue weighted by Gasteiger charge is 2.26. The summed E-state index contributed by atoms with van der Waals surface area (Å²) in [7, 11) is 2.19. The van der Waals surface area contributed by atoms with Gasteiger partial charge in [0.2, 0.25) is 0 Å². The van der Waals surface area contributed by atoms with Crippen molar-refractivity contribution in [2.75, 3.05) is 13.6 Å². The summed E-state index contributed by atoms with van der Waals surface area (Å²) in [5, 5.41) is 0. The molecule has 1 aliphatic rings. The summed E-state index contributed by atoms with van der Waals surface area (Å²) in [6.07, 6.45) is 0. The Morgan fingerprint density at radius 2 is 1.81 bits per heavy atom. The van der Waals surface area contributed by atoms with Crippen LogP contribution in [-0.4, -0.2) is 18.5 Å². The minimum Gasteiger partial charge on any atom is -0.322 e. The van der Waals surface area contributed by atoms with E-state index >= 15 is 0 Å². The molecule has 0 radical (unpaired) electrons. The Balaban J connectivity index is 2.06. The van der Waals surface area contributed by atoms with E-state index < -0.39 is 0 Å². The number of rotatable bonds is 2. The van der Waals surface area contributed by atoms with Crippen LogP contribution in [0, 0.1) is 0 Å². The van der Waals surface area contributed by atoms with Gasteiger partial charge >= 0.3 is 0 Å². The third-order valence-electron chi connectivity index (χ3n) is 4.40. The Morgan fingerprint density at radius 1 is 1.10 bits per heavy atom. The van der Waals surface area contributed by atoms with Crippen molar-refractivity contribution >= 4 is 0 Å². The summed E-state index contributed by atoms with van der Waals surface area (Å²) in [5.41, 5.74) is 11.4. The maximum atomic E-state index is 6.26. The fraction of sp³-hybridized carbons (Fsp3) is 0.368. The Hall–Kier alpha value is -1.64. The standard InChI is InChI=1S/C19H24N2/c1-19(2,20)16-9-10-17-15(11-16)12-21(3)13-18(17)14-7-5-4-6-8-14/h4-11,18H,12-13,20H2,1-3H3. The smallest absolute Gasteiger partial charge is 0.0352 e. The van der Waals surface area contributed by atoms with Crippen LogP contribution in [0.15, 0.2) is 48.5 Å². The normalized spacial score (nSPS) is 19.3. The van der Waals surface area contributed by atoms with Crippen LogP contribution in [0.4, 0.5) is 0 Å². The number of hydrogen-bond donors (Lipinski definition) is 1. The van der Waals surface area contributed by atoms with Gasteiger partial charge in [-0.1, -0.05) is 48.5 Å². The van der Waals surface area contributed by atoms with Crippen LogP contribution in [0.5, 0.6) is 0 Å². The molecule has 0 saturated carbocycles. The van der Waals surface area contributed by atoms with Gasteiger partial charge in [-0.25, -0.2) is 0 Å². The number of benzene rings is 2. The van der Waals surface area contributed by atoms with E-state index in [0.29, 0.717) is 5.92 Å². The zero-order valence-electron chi connectivity index (χ0n) is 13.1. The molecule has 0 aliphatic carbocycles. The Morgan fingerprint density at radius 3 is 2.48 bits per heavy atom. The molecule has 2 N–H and O–H groups in total. The monoisotopic (exact) mass is 280 g/mol. The molecule has 0 bridgehead atoms. The van der Waals surface area contributed by atoms with Gasteiger partial charge in [0.15, 0.2) is 0 Å². The fourth-order valence-electron chi connectivity index (χ4n) is 3.22. The zero-order valence-corrected chi connectivity index (χ0v) is 13.1. The lowest BCUT2D eigenvalue weighted by Crippen LogP contribution is -2.33. The second kappa shape index (κ2) is 5.28. The number of nitrogens with zero attached hydrogens (tertiary/aromatic N) is 1. The molecule has 2 heteroatoms. The summed E-state index contributed by atoms with van der Waals surface area (Å²) < 4.78 is 0. The molecule has 110 valence electrons. The lowest BCUT2D eigenvalue weighted by molar-refractivity contribution is 0.294. The molecule has 21 heavy (non-hydrogen) atoms. The summed E-state index contributed by atoms with van der Waals surface area (Å²) in [6.45, 7) is 6.21. The highest BCUT2D eigenvalue weighted by molar-refractivity contribution is 5.43. The molecule has 2 aromatic carbocycles. The molecule has 0 amide bonds. The second-order valence-electron chi connectivity index (χ2n) is 6.80. The molecule has 0 fully saturated rings. The number of hydrogen-bond acceptors (Lipinski definition) is 2. The predicted molar refractivity (Wildman–Crippen MR) is 88.3 cm³/mol. The zero-order chi connectivity index (χ0) is 15.0. The number of nitrogens with two attached hydrogens (primary N) is 1. The van der Waals surface area contributed by atoms with Crippen LogP contribution in [0.3, 0.4) is 0 Å². The van der Waals surface area contributed by atoms with Gasteiger partial charge in [0, 0.05) is 24.5 Å².